The molecule has 1 aliphatic rings. The van der Waals surface area contributed by atoms with Crippen LogP contribution in [0.1, 0.15) is 47.9 Å². The van der Waals surface area contributed by atoms with Crippen LogP contribution >= 0.6 is 0 Å². The number of carbonyl (C=O) groups is 1. The standard InChI is InChI=1S/C12H15N5O/c18-12(11-8-13-16-14-11)7-9-5-6-17(15-9)10-3-1-2-4-10/h5-6,8,10H,1-4,7H2,(H,13,14,16). The van der Waals surface area contributed by atoms with Crippen molar-refractivity contribution in [2.75, 3.05) is 0 Å². The zero-order chi connectivity index (χ0) is 12.4. The molecule has 1 saturated carbocycles. The summed E-state index contributed by atoms with van der Waals surface area (Å²) in [7, 11) is 0. The van der Waals surface area contributed by atoms with Crippen molar-refractivity contribution in [2.45, 2.75) is 38.1 Å². The Labute approximate surface area is 104 Å². The van der Waals surface area contributed by atoms with E-state index >= 15 is 0 Å². The number of hydrogen-bond acceptors (Lipinski definition) is 4. The fourth-order valence-electron chi connectivity index (χ4n) is 2.43. The second kappa shape index (κ2) is 4.72. The van der Waals surface area contributed by atoms with Gasteiger partial charge in [0.25, 0.3) is 0 Å². The minimum absolute atomic E-state index is 0.0552. The van der Waals surface area contributed by atoms with Gasteiger partial charge in [-0.3, -0.25) is 9.48 Å². The molecule has 2 aromatic heterocycles. The van der Waals surface area contributed by atoms with Gasteiger partial charge in [0.1, 0.15) is 5.69 Å². The summed E-state index contributed by atoms with van der Waals surface area (Å²) in [5, 5.41) is 14.3. The Morgan fingerprint density at radius 1 is 1.44 bits per heavy atom. The zero-order valence-electron chi connectivity index (χ0n) is 10.0. The second-order valence-corrected chi connectivity index (χ2v) is 4.68. The normalized spacial score (nSPS) is 16.2. The molecule has 0 aromatic carbocycles. The van der Waals surface area contributed by atoms with Crippen LogP contribution in [0.25, 0.3) is 0 Å². The van der Waals surface area contributed by atoms with Crippen molar-refractivity contribution in [1.29, 1.82) is 0 Å². The molecule has 94 valence electrons. The van der Waals surface area contributed by atoms with Gasteiger partial charge in [-0.1, -0.05) is 12.8 Å². The highest BCUT2D eigenvalue weighted by atomic mass is 16.1. The fourth-order valence-corrected chi connectivity index (χ4v) is 2.43. The van der Waals surface area contributed by atoms with Crippen LogP contribution in [-0.4, -0.2) is 31.0 Å². The van der Waals surface area contributed by atoms with Gasteiger partial charge in [0, 0.05) is 6.20 Å². The minimum Gasteiger partial charge on any atom is -0.292 e. The molecule has 18 heavy (non-hydrogen) atoms. The van der Waals surface area contributed by atoms with Gasteiger partial charge in [0.2, 0.25) is 0 Å². The highest BCUT2D eigenvalue weighted by Gasteiger charge is 2.18. The lowest BCUT2D eigenvalue weighted by Gasteiger charge is -2.08. The third kappa shape index (κ3) is 2.18. The van der Waals surface area contributed by atoms with Crippen molar-refractivity contribution in [3.8, 4) is 0 Å². The van der Waals surface area contributed by atoms with Crippen LogP contribution < -0.4 is 0 Å². The van der Waals surface area contributed by atoms with Crippen molar-refractivity contribution >= 4 is 5.78 Å². The predicted octanol–water partition coefficient (Wildman–Crippen LogP) is 1.54. The van der Waals surface area contributed by atoms with Crippen LogP contribution in [0.5, 0.6) is 0 Å². The lowest BCUT2D eigenvalue weighted by Crippen LogP contribution is -2.08. The van der Waals surface area contributed by atoms with E-state index in [2.05, 4.69) is 20.5 Å². The largest absolute Gasteiger partial charge is 0.292 e. The summed E-state index contributed by atoms with van der Waals surface area (Å²) in [5.41, 5.74) is 1.17. The Hall–Kier alpha value is -1.98. The molecule has 0 spiro atoms. The average Bonchev–Trinajstić information content (AvgIpc) is 3.12. The second-order valence-electron chi connectivity index (χ2n) is 4.68. The van der Waals surface area contributed by atoms with Crippen LogP contribution in [-0.2, 0) is 6.42 Å². The van der Waals surface area contributed by atoms with Crippen LogP contribution in [0.3, 0.4) is 0 Å². The van der Waals surface area contributed by atoms with Crippen molar-refractivity contribution in [3.63, 3.8) is 0 Å². The van der Waals surface area contributed by atoms with E-state index in [1.54, 1.807) is 0 Å². The molecule has 1 aliphatic carbocycles. The molecular formula is C12H15N5O. The summed E-state index contributed by atoms with van der Waals surface area (Å²) in [4.78, 5) is 11.8. The van der Waals surface area contributed by atoms with Crippen molar-refractivity contribution in [3.05, 3.63) is 29.8 Å². The number of nitrogens with one attached hydrogen (secondary N) is 1. The Kier molecular flexibility index (Phi) is 2.92. The lowest BCUT2D eigenvalue weighted by atomic mass is 10.2. The highest BCUT2D eigenvalue weighted by molar-refractivity contribution is 5.95. The van der Waals surface area contributed by atoms with Crippen LogP contribution in [0.4, 0.5) is 0 Å². The molecule has 0 saturated heterocycles. The smallest absolute Gasteiger partial charge is 0.190 e. The number of nitrogens with zero attached hydrogens (tertiary/aromatic N) is 4. The lowest BCUT2D eigenvalue weighted by molar-refractivity contribution is 0.0987. The van der Waals surface area contributed by atoms with Gasteiger partial charge >= 0.3 is 0 Å². The van der Waals surface area contributed by atoms with Gasteiger partial charge in [-0.25, -0.2) is 0 Å². The van der Waals surface area contributed by atoms with Crippen LogP contribution in [0.15, 0.2) is 18.5 Å². The van der Waals surface area contributed by atoms with Crippen LogP contribution in [0.2, 0.25) is 0 Å². The number of hydrogen-bond donors (Lipinski definition) is 1. The Morgan fingerprint density at radius 2 is 2.28 bits per heavy atom. The first kappa shape index (κ1) is 11.1. The Balaban J connectivity index is 1.68. The SMILES string of the molecule is O=C(Cc1ccn(C2CCCC2)n1)c1cn[nH]n1. The fraction of sp³-hybridized carbons (Fsp3) is 0.500. The maximum Gasteiger partial charge on any atom is 0.190 e. The molecule has 6 nitrogen and oxygen atoms in total. The maximum absolute atomic E-state index is 11.8. The van der Waals surface area contributed by atoms with Gasteiger partial charge in [-0.2, -0.15) is 20.5 Å². The van der Waals surface area contributed by atoms with E-state index in [4.69, 9.17) is 0 Å². The molecule has 0 aliphatic heterocycles. The number of ketones is 1. The van der Waals surface area contributed by atoms with E-state index in [1.165, 1.54) is 31.9 Å². The molecule has 1 N–H and O–H groups in total. The van der Waals surface area contributed by atoms with E-state index in [0.717, 1.165) is 5.69 Å². The molecule has 0 bridgehead atoms. The number of Topliss-reactive ketones (excluding diaryl/α,β-unsaturated/α-hetero) is 1. The quantitative estimate of drug-likeness (QED) is 0.829. The summed E-state index contributed by atoms with van der Waals surface area (Å²) in [6.07, 6.45) is 8.64. The molecule has 0 radical (unpaired) electrons. The van der Waals surface area contributed by atoms with Gasteiger partial charge in [0.15, 0.2) is 5.78 Å². The molecule has 1 fully saturated rings. The molecule has 2 heterocycles. The maximum atomic E-state index is 11.8. The monoisotopic (exact) mass is 245 g/mol. The average molecular weight is 245 g/mol. The van der Waals surface area contributed by atoms with E-state index in [-0.39, 0.29) is 12.2 Å². The Bertz CT molecular complexity index is 524. The molecule has 0 amide bonds. The summed E-state index contributed by atoms with van der Waals surface area (Å²) in [6.45, 7) is 0. The topological polar surface area (TPSA) is 76.5 Å². The zero-order valence-corrected chi connectivity index (χ0v) is 10.0. The number of H-pyrrole nitrogens is 1. The van der Waals surface area contributed by atoms with Gasteiger partial charge in [-0.05, 0) is 18.9 Å². The molecule has 0 atom stereocenters. The first-order chi connectivity index (χ1) is 8.83. The molecule has 0 unspecified atom stereocenters. The predicted molar refractivity (Wildman–Crippen MR) is 64.1 cm³/mol. The number of rotatable bonds is 4. The molecule has 6 heteroatoms. The van der Waals surface area contributed by atoms with E-state index in [1.807, 2.05) is 16.9 Å². The summed E-state index contributed by atoms with van der Waals surface area (Å²) in [5.74, 6) is -0.0552. The van der Waals surface area contributed by atoms with Crippen molar-refractivity contribution in [1.82, 2.24) is 25.2 Å². The van der Waals surface area contributed by atoms with E-state index < -0.39 is 0 Å². The number of aromatic nitrogens is 5. The molecule has 3 rings (SSSR count). The van der Waals surface area contributed by atoms with Crippen molar-refractivity contribution < 1.29 is 4.79 Å². The molecular weight excluding hydrogens is 230 g/mol. The van der Waals surface area contributed by atoms with Crippen LogP contribution in [0, 0.1) is 0 Å². The van der Waals surface area contributed by atoms with E-state index in [0.29, 0.717) is 11.7 Å². The summed E-state index contributed by atoms with van der Waals surface area (Å²) in [6, 6.07) is 2.43. The number of aromatic amines is 1. The highest BCUT2D eigenvalue weighted by Crippen LogP contribution is 2.28. The summed E-state index contributed by atoms with van der Waals surface area (Å²) >= 11 is 0. The Morgan fingerprint density at radius 3 is 3.00 bits per heavy atom. The minimum atomic E-state index is -0.0552. The number of carbonyl (C=O) groups excluding carboxylic acids is 1. The van der Waals surface area contributed by atoms with Gasteiger partial charge in [0.05, 0.1) is 24.4 Å². The first-order valence-electron chi connectivity index (χ1n) is 6.26. The van der Waals surface area contributed by atoms with Crippen molar-refractivity contribution in [2.24, 2.45) is 0 Å². The molecule has 2 aromatic rings. The van der Waals surface area contributed by atoms with Gasteiger partial charge < -0.3 is 0 Å². The van der Waals surface area contributed by atoms with E-state index in [9.17, 15) is 4.79 Å². The third-order valence-corrected chi connectivity index (χ3v) is 3.40. The first-order valence-corrected chi connectivity index (χ1v) is 6.26. The van der Waals surface area contributed by atoms with Gasteiger partial charge in [-0.15, -0.1) is 0 Å². The third-order valence-electron chi connectivity index (χ3n) is 3.40. The summed E-state index contributed by atoms with van der Waals surface area (Å²) < 4.78 is 2.00.